The van der Waals surface area contributed by atoms with Gasteiger partial charge in [-0.25, -0.2) is 0 Å². The molecular formula is C38H74O2. The minimum atomic E-state index is 0.327. The monoisotopic (exact) mass is 563 g/mol. The highest BCUT2D eigenvalue weighted by Crippen LogP contribution is 2.28. The fourth-order valence-electron chi connectivity index (χ4n) is 6.29. The van der Waals surface area contributed by atoms with E-state index in [1.54, 1.807) is 6.92 Å². The van der Waals surface area contributed by atoms with Crippen LogP contribution in [0.4, 0.5) is 0 Å². The van der Waals surface area contributed by atoms with Gasteiger partial charge in [0.25, 0.3) is 0 Å². The molecule has 0 radical (unpaired) electrons. The van der Waals surface area contributed by atoms with Gasteiger partial charge in [-0.05, 0) is 38.0 Å². The third-order valence-corrected chi connectivity index (χ3v) is 9.22. The van der Waals surface area contributed by atoms with Gasteiger partial charge < -0.3 is 4.79 Å². The normalized spacial score (nSPS) is 13.0. The van der Waals surface area contributed by atoms with Crippen molar-refractivity contribution in [2.24, 2.45) is 11.8 Å². The van der Waals surface area contributed by atoms with Gasteiger partial charge in [-0.3, -0.25) is 4.79 Å². The highest BCUT2D eigenvalue weighted by Gasteiger charge is 2.20. The van der Waals surface area contributed by atoms with E-state index in [1.165, 1.54) is 161 Å². The number of unbranched alkanes of at least 4 members (excludes halogenated alkanes) is 22. The number of ketones is 2. The summed E-state index contributed by atoms with van der Waals surface area (Å²) in [5.41, 5.74) is 0. The van der Waals surface area contributed by atoms with Crippen LogP contribution < -0.4 is 0 Å². The maximum atomic E-state index is 12.9. The summed E-state index contributed by atoms with van der Waals surface area (Å²) in [6.07, 6.45) is 38.2. The number of hydrogen-bond donors (Lipinski definition) is 0. The Morgan fingerprint density at radius 1 is 0.450 bits per heavy atom. The maximum absolute atomic E-state index is 12.9. The predicted molar refractivity (Wildman–Crippen MR) is 178 cm³/mol. The summed E-state index contributed by atoms with van der Waals surface area (Å²) in [6, 6.07) is 0. The lowest BCUT2D eigenvalue weighted by molar-refractivity contribution is -0.120. The highest BCUT2D eigenvalue weighted by molar-refractivity contribution is 5.78. The van der Waals surface area contributed by atoms with Gasteiger partial charge >= 0.3 is 0 Å². The first kappa shape index (κ1) is 39.3. The Labute approximate surface area is 253 Å². The first-order chi connectivity index (χ1) is 19.5. The molecule has 0 aromatic rings. The lowest BCUT2D eigenvalue weighted by atomic mass is 9.81. The van der Waals surface area contributed by atoms with Crippen LogP contribution in [-0.2, 0) is 9.59 Å². The van der Waals surface area contributed by atoms with Crippen LogP contribution in [0.5, 0.6) is 0 Å². The molecule has 0 spiro atoms. The van der Waals surface area contributed by atoms with Gasteiger partial charge in [0.1, 0.15) is 11.6 Å². The van der Waals surface area contributed by atoms with Crippen molar-refractivity contribution in [3.05, 3.63) is 0 Å². The van der Waals surface area contributed by atoms with Crippen LogP contribution >= 0.6 is 0 Å². The van der Waals surface area contributed by atoms with Gasteiger partial charge in [-0.2, -0.15) is 0 Å². The lowest BCUT2D eigenvalue weighted by Gasteiger charge is -2.24. The molecule has 0 aromatic carbocycles. The number of rotatable bonds is 33. The summed E-state index contributed by atoms with van der Waals surface area (Å²) in [5.74, 6) is 2.13. The molecule has 0 N–H and O–H groups in total. The van der Waals surface area contributed by atoms with Crippen molar-refractivity contribution < 1.29 is 9.59 Å². The van der Waals surface area contributed by atoms with E-state index in [0.717, 1.165) is 32.1 Å². The van der Waals surface area contributed by atoms with E-state index >= 15 is 0 Å². The van der Waals surface area contributed by atoms with Crippen molar-refractivity contribution in [2.45, 2.75) is 220 Å². The molecule has 0 bridgehead atoms. The van der Waals surface area contributed by atoms with E-state index in [0.29, 0.717) is 23.4 Å². The fraction of sp³-hybridized carbons (Fsp3) is 0.947. The van der Waals surface area contributed by atoms with Gasteiger partial charge in [-0.15, -0.1) is 0 Å². The molecule has 0 amide bonds. The van der Waals surface area contributed by atoms with Crippen molar-refractivity contribution >= 4 is 11.6 Å². The molecule has 0 saturated heterocycles. The second-order valence-electron chi connectivity index (χ2n) is 13.4. The average molecular weight is 563 g/mol. The zero-order valence-electron chi connectivity index (χ0n) is 28.2. The summed E-state index contributed by atoms with van der Waals surface area (Å²) in [4.78, 5) is 23.9. The molecule has 2 nitrogen and oxygen atoms in total. The highest BCUT2D eigenvalue weighted by atomic mass is 16.1. The van der Waals surface area contributed by atoms with E-state index in [-0.39, 0.29) is 0 Å². The largest absolute Gasteiger partial charge is 0.300 e. The molecular weight excluding hydrogens is 488 g/mol. The number of Topliss-reactive ketones (excluding diaryl/α,β-unsaturated/α-hetero) is 2. The molecule has 238 valence electrons. The molecule has 0 saturated carbocycles. The van der Waals surface area contributed by atoms with Crippen molar-refractivity contribution in [3.8, 4) is 0 Å². The Kier molecular flexibility index (Phi) is 30.8. The Morgan fingerprint density at radius 2 is 0.800 bits per heavy atom. The summed E-state index contributed by atoms with van der Waals surface area (Å²) in [5, 5.41) is 0. The number of carbonyl (C=O) groups excluding carboxylic acids is 2. The summed E-state index contributed by atoms with van der Waals surface area (Å²) in [6.45, 7) is 8.69. The molecule has 0 aliphatic rings. The lowest BCUT2D eigenvalue weighted by Crippen LogP contribution is -2.17. The predicted octanol–water partition coefficient (Wildman–Crippen LogP) is 13.1. The first-order valence-electron chi connectivity index (χ1n) is 18.5. The molecule has 0 aromatic heterocycles. The molecule has 2 atom stereocenters. The van der Waals surface area contributed by atoms with Gasteiger partial charge in [0.05, 0.1) is 0 Å². The Hall–Kier alpha value is -0.660. The Bertz CT molecular complexity index is 540. The zero-order chi connectivity index (χ0) is 29.5. The SMILES string of the molecule is CCCCCCCCCCCCCCCCCC(=O)CC(CCCCCC)C(C)CCCCCCCCC(C)=O. The Balaban J connectivity index is 3.92. The van der Waals surface area contributed by atoms with Crippen LogP contribution in [0.15, 0.2) is 0 Å². The van der Waals surface area contributed by atoms with E-state index in [2.05, 4.69) is 20.8 Å². The third-order valence-electron chi connectivity index (χ3n) is 9.22. The summed E-state index contributed by atoms with van der Waals surface area (Å²) >= 11 is 0. The molecule has 0 fully saturated rings. The van der Waals surface area contributed by atoms with E-state index in [1.807, 2.05) is 0 Å². The quantitative estimate of drug-likeness (QED) is 0.0745. The minimum absolute atomic E-state index is 0.327. The van der Waals surface area contributed by atoms with Crippen molar-refractivity contribution in [1.29, 1.82) is 0 Å². The van der Waals surface area contributed by atoms with Gasteiger partial charge in [0, 0.05) is 19.3 Å². The maximum Gasteiger partial charge on any atom is 0.133 e. The van der Waals surface area contributed by atoms with Gasteiger partial charge in [0.15, 0.2) is 0 Å². The first-order valence-corrected chi connectivity index (χ1v) is 18.5. The molecule has 0 heterocycles. The summed E-state index contributed by atoms with van der Waals surface area (Å²) < 4.78 is 0. The van der Waals surface area contributed by atoms with E-state index in [4.69, 9.17) is 0 Å². The number of hydrogen-bond acceptors (Lipinski definition) is 2. The van der Waals surface area contributed by atoms with Crippen LogP contribution in [-0.4, -0.2) is 11.6 Å². The van der Waals surface area contributed by atoms with Crippen molar-refractivity contribution in [2.75, 3.05) is 0 Å². The van der Waals surface area contributed by atoms with Crippen molar-refractivity contribution in [3.63, 3.8) is 0 Å². The zero-order valence-corrected chi connectivity index (χ0v) is 28.2. The fourth-order valence-corrected chi connectivity index (χ4v) is 6.29. The summed E-state index contributed by atoms with van der Waals surface area (Å²) in [7, 11) is 0. The topological polar surface area (TPSA) is 34.1 Å². The molecule has 0 aliphatic carbocycles. The number of carbonyl (C=O) groups is 2. The molecule has 0 rings (SSSR count). The van der Waals surface area contributed by atoms with Crippen LogP contribution in [0.25, 0.3) is 0 Å². The average Bonchev–Trinajstić information content (AvgIpc) is 2.93. The van der Waals surface area contributed by atoms with Crippen LogP contribution in [0.2, 0.25) is 0 Å². The Morgan fingerprint density at radius 3 is 1.25 bits per heavy atom. The molecule has 2 unspecified atom stereocenters. The minimum Gasteiger partial charge on any atom is -0.300 e. The smallest absolute Gasteiger partial charge is 0.133 e. The van der Waals surface area contributed by atoms with Gasteiger partial charge in [-0.1, -0.05) is 175 Å². The van der Waals surface area contributed by atoms with Crippen LogP contribution in [0, 0.1) is 11.8 Å². The second kappa shape index (κ2) is 31.3. The van der Waals surface area contributed by atoms with Crippen LogP contribution in [0.3, 0.4) is 0 Å². The van der Waals surface area contributed by atoms with Crippen molar-refractivity contribution in [1.82, 2.24) is 0 Å². The van der Waals surface area contributed by atoms with E-state index < -0.39 is 0 Å². The molecule has 0 aliphatic heterocycles. The third kappa shape index (κ3) is 28.9. The van der Waals surface area contributed by atoms with Gasteiger partial charge in [0.2, 0.25) is 0 Å². The molecule has 40 heavy (non-hydrogen) atoms. The van der Waals surface area contributed by atoms with E-state index in [9.17, 15) is 9.59 Å². The van der Waals surface area contributed by atoms with Crippen LogP contribution in [0.1, 0.15) is 220 Å². The molecule has 2 heteroatoms. The standard InChI is InChI=1S/C38H74O2/c1-5-7-9-11-12-13-14-15-16-17-18-19-20-25-29-33-38(40)34-37(32-28-10-8-6-2)35(3)30-26-23-21-22-24-27-31-36(4)39/h35,37H,5-34H2,1-4H3. The second-order valence-corrected chi connectivity index (χ2v) is 13.4.